The van der Waals surface area contributed by atoms with Crippen molar-refractivity contribution in [2.75, 3.05) is 0 Å². The molecule has 0 radical (unpaired) electrons. The summed E-state index contributed by atoms with van der Waals surface area (Å²) in [6.45, 7) is 3.99. The average Bonchev–Trinajstić information content (AvgIpc) is 3.38. The lowest BCUT2D eigenvalue weighted by Gasteiger charge is -2.14. The van der Waals surface area contributed by atoms with Crippen molar-refractivity contribution in [3.63, 3.8) is 0 Å². The van der Waals surface area contributed by atoms with Gasteiger partial charge in [-0.25, -0.2) is 14.5 Å². The summed E-state index contributed by atoms with van der Waals surface area (Å²) < 4.78 is 3.81. The van der Waals surface area contributed by atoms with Crippen LogP contribution in [0.15, 0.2) is 67.1 Å². The second-order valence-electron chi connectivity index (χ2n) is 8.01. The molecule has 5 aromatic rings. The lowest BCUT2D eigenvalue weighted by atomic mass is 10.0. The Kier molecular flexibility index (Phi) is 4.97. The van der Waals surface area contributed by atoms with Crippen LogP contribution in [0.5, 0.6) is 0 Å². The summed E-state index contributed by atoms with van der Waals surface area (Å²) in [6, 6.07) is 14.8. The molecule has 33 heavy (non-hydrogen) atoms. The van der Waals surface area contributed by atoms with Gasteiger partial charge in [0.2, 0.25) is 0 Å². The fraction of sp³-hybridized carbons (Fsp3) is 0.160. The van der Waals surface area contributed by atoms with Crippen LogP contribution in [0.2, 0.25) is 0 Å². The van der Waals surface area contributed by atoms with E-state index in [-0.39, 0.29) is 11.6 Å². The number of aryl methyl sites for hydroxylation is 2. The fourth-order valence-corrected chi connectivity index (χ4v) is 4.23. The van der Waals surface area contributed by atoms with E-state index in [1.165, 1.54) is 0 Å². The highest BCUT2D eigenvalue weighted by Gasteiger charge is 2.20. The first-order chi connectivity index (χ1) is 15.9. The second-order valence-corrected chi connectivity index (χ2v) is 8.01. The van der Waals surface area contributed by atoms with E-state index in [0.29, 0.717) is 0 Å². The molecule has 1 aromatic carbocycles. The van der Waals surface area contributed by atoms with Crippen molar-refractivity contribution >= 4 is 17.0 Å². The molecule has 4 heterocycles. The number of nitrogens with zero attached hydrogens (tertiary/aromatic N) is 6. The molecule has 0 spiro atoms. The maximum atomic E-state index is 11.6. The Morgan fingerprint density at radius 1 is 1.06 bits per heavy atom. The van der Waals surface area contributed by atoms with E-state index in [1.54, 1.807) is 29.1 Å². The topological polar surface area (TPSA) is 98.7 Å². The van der Waals surface area contributed by atoms with Crippen LogP contribution >= 0.6 is 0 Å². The molecule has 0 saturated heterocycles. The van der Waals surface area contributed by atoms with Crippen LogP contribution in [0.1, 0.15) is 34.7 Å². The van der Waals surface area contributed by atoms with Crippen LogP contribution in [0, 0.1) is 6.92 Å². The molecule has 0 saturated carbocycles. The van der Waals surface area contributed by atoms with Gasteiger partial charge in [-0.2, -0.15) is 0 Å². The van der Waals surface area contributed by atoms with Gasteiger partial charge < -0.3 is 9.67 Å². The zero-order valence-corrected chi connectivity index (χ0v) is 18.5. The monoisotopic (exact) mass is 438 g/mol. The molecule has 1 atom stereocenters. The van der Waals surface area contributed by atoms with Gasteiger partial charge in [-0.15, -0.1) is 5.10 Å². The highest BCUT2D eigenvalue weighted by Crippen LogP contribution is 2.35. The number of aromatic carboxylic acids is 1. The van der Waals surface area contributed by atoms with Gasteiger partial charge in [-0.1, -0.05) is 23.4 Å². The number of benzene rings is 1. The standard InChI is InChI=1S/C25H22N6O2/c1-15-23(30(3)29-28-15)19-12-20-21(17-7-6-8-18(11-17)25(32)33)14-31(24(20)27-13-19)16(2)22-9-4-5-10-26-22/h4-14,16H,1-3H3,(H,32,33). The fourth-order valence-electron chi connectivity index (χ4n) is 4.23. The van der Waals surface area contributed by atoms with Gasteiger partial charge in [0.15, 0.2) is 0 Å². The SMILES string of the molecule is Cc1nnn(C)c1-c1cnc2c(c1)c(-c1cccc(C(=O)O)c1)cn2C(C)c1ccccn1. The van der Waals surface area contributed by atoms with Crippen molar-refractivity contribution in [3.8, 4) is 22.4 Å². The third kappa shape index (κ3) is 3.55. The van der Waals surface area contributed by atoms with Crippen molar-refractivity contribution in [2.45, 2.75) is 19.9 Å². The minimum atomic E-state index is -0.960. The first-order valence-electron chi connectivity index (χ1n) is 10.6. The Morgan fingerprint density at radius 2 is 1.91 bits per heavy atom. The molecule has 1 N–H and O–H groups in total. The highest BCUT2D eigenvalue weighted by atomic mass is 16.4. The summed E-state index contributed by atoms with van der Waals surface area (Å²) in [5, 5.41) is 18.7. The number of rotatable bonds is 5. The summed E-state index contributed by atoms with van der Waals surface area (Å²) in [7, 11) is 1.85. The van der Waals surface area contributed by atoms with Crippen LogP contribution < -0.4 is 0 Å². The van der Waals surface area contributed by atoms with E-state index in [1.807, 2.05) is 50.6 Å². The lowest BCUT2D eigenvalue weighted by Crippen LogP contribution is -2.07. The van der Waals surface area contributed by atoms with E-state index in [0.717, 1.165) is 44.8 Å². The molecule has 0 fully saturated rings. The van der Waals surface area contributed by atoms with Crippen LogP contribution in [-0.2, 0) is 7.05 Å². The van der Waals surface area contributed by atoms with Crippen LogP contribution in [0.4, 0.5) is 0 Å². The predicted molar refractivity (Wildman–Crippen MR) is 125 cm³/mol. The summed E-state index contributed by atoms with van der Waals surface area (Å²) >= 11 is 0. The number of aromatic nitrogens is 6. The summed E-state index contributed by atoms with van der Waals surface area (Å²) in [6.07, 6.45) is 5.63. The number of hydrogen-bond donors (Lipinski definition) is 1. The van der Waals surface area contributed by atoms with Gasteiger partial charge in [0.1, 0.15) is 5.65 Å². The molecular formula is C25H22N6O2. The van der Waals surface area contributed by atoms with Crippen LogP contribution in [0.3, 0.4) is 0 Å². The smallest absolute Gasteiger partial charge is 0.335 e. The Hall–Kier alpha value is -4.33. The Balaban J connectivity index is 1.76. The van der Waals surface area contributed by atoms with Crippen molar-refractivity contribution in [1.29, 1.82) is 0 Å². The molecule has 8 heteroatoms. The summed E-state index contributed by atoms with van der Waals surface area (Å²) in [5.41, 5.74) is 6.25. The van der Waals surface area contributed by atoms with E-state index in [4.69, 9.17) is 4.98 Å². The molecule has 4 aromatic heterocycles. The average molecular weight is 438 g/mol. The first kappa shape index (κ1) is 20.6. The van der Waals surface area contributed by atoms with Gasteiger partial charge in [0.05, 0.1) is 28.7 Å². The minimum absolute atomic E-state index is 0.0661. The Bertz CT molecular complexity index is 1470. The quantitative estimate of drug-likeness (QED) is 0.433. The van der Waals surface area contributed by atoms with Crippen LogP contribution in [-0.4, -0.2) is 40.6 Å². The Morgan fingerprint density at radius 3 is 2.61 bits per heavy atom. The number of carboxylic acid groups (broad SMARTS) is 1. The maximum Gasteiger partial charge on any atom is 0.335 e. The van der Waals surface area contributed by atoms with Crippen molar-refractivity contribution in [1.82, 2.24) is 29.5 Å². The molecule has 0 aliphatic heterocycles. The molecule has 0 amide bonds. The number of carboxylic acids is 1. The first-order valence-corrected chi connectivity index (χ1v) is 10.6. The van der Waals surface area contributed by atoms with Crippen LogP contribution in [0.25, 0.3) is 33.4 Å². The number of hydrogen-bond acceptors (Lipinski definition) is 5. The molecule has 8 nitrogen and oxygen atoms in total. The zero-order chi connectivity index (χ0) is 23.1. The van der Waals surface area contributed by atoms with Gasteiger partial charge in [0.25, 0.3) is 0 Å². The third-order valence-corrected chi connectivity index (χ3v) is 5.89. The lowest BCUT2D eigenvalue weighted by molar-refractivity contribution is 0.0697. The van der Waals surface area contributed by atoms with Crippen molar-refractivity contribution < 1.29 is 9.90 Å². The van der Waals surface area contributed by atoms with Gasteiger partial charge >= 0.3 is 5.97 Å². The van der Waals surface area contributed by atoms with Crippen molar-refractivity contribution in [3.05, 3.63) is 84.1 Å². The second kappa shape index (κ2) is 7.98. The minimum Gasteiger partial charge on any atom is -0.478 e. The largest absolute Gasteiger partial charge is 0.478 e. The Labute approximate surface area is 190 Å². The molecule has 0 aliphatic rings. The summed E-state index contributed by atoms with van der Waals surface area (Å²) in [4.78, 5) is 20.9. The molecule has 1 unspecified atom stereocenters. The summed E-state index contributed by atoms with van der Waals surface area (Å²) in [5.74, 6) is -0.960. The number of fused-ring (bicyclic) bond motifs is 1. The van der Waals surface area contributed by atoms with E-state index in [2.05, 4.69) is 32.9 Å². The normalized spacial score (nSPS) is 12.2. The van der Waals surface area contributed by atoms with Gasteiger partial charge in [0, 0.05) is 42.2 Å². The predicted octanol–water partition coefficient (Wildman–Crippen LogP) is 4.51. The third-order valence-electron chi connectivity index (χ3n) is 5.89. The van der Waals surface area contributed by atoms with Gasteiger partial charge in [-0.05, 0) is 49.7 Å². The molecule has 164 valence electrons. The number of carbonyl (C=O) groups is 1. The highest BCUT2D eigenvalue weighted by molar-refractivity contribution is 5.98. The van der Waals surface area contributed by atoms with E-state index in [9.17, 15) is 9.90 Å². The molecule has 0 bridgehead atoms. The maximum absolute atomic E-state index is 11.6. The van der Waals surface area contributed by atoms with Crippen molar-refractivity contribution in [2.24, 2.45) is 7.05 Å². The molecule has 0 aliphatic carbocycles. The van der Waals surface area contributed by atoms with E-state index < -0.39 is 5.97 Å². The zero-order valence-electron chi connectivity index (χ0n) is 18.5. The molecular weight excluding hydrogens is 416 g/mol. The van der Waals surface area contributed by atoms with E-state index >= 15 is 0 Å². The van der Waals surface area contributed by atoms with Gasteiger partial charge in [-0.3, -0.25) is 4.98 Å². The molecule has 5 rings (SSSR count). The number of pyridine rings is 2.